The molecule has 0 spiro atoms. The molecule has 0 radical (unpaired) electrons. The van der Waals surface area contributed by atoms with Gasteiger partial charge in [0, 0.05) is 5.56 Å². The second-order valence-corrected chi connectivity index (χ2v) is 3.90. The first kappa shape index (κ1) is 12.6. The van der Waals surface area contributed by atoms with E-state index in [9.17, 15) is 17.6 Å². The SMILES string of the molecule is CCc1c(F)c(F)c(C(Cl)Cl)c(F)c1F. The standard InChI is InChI=1S/C9H6Cl2F4/c1-2-3-5(12)7(14)4(9(10)11)8(15)6(3)13/h9H,2H2,1H3. The molecule has 0 heterocycles. The smallest absolute Gasteiger partial charge is 0.168 e. The fourth-order valence-electron chi connectivity index (χ4n) is 1.20. The van der Waals surface area contributed by atoms with Gasteiger partial charge in [-0.25, -0.2) is 17.6 Å². The first-order valence-corrected chi connectivity index (χ1v) is 4.91. The van der Waals surface area contributed by atoms with E-state index in [0.717, 1.165) is 0 Å². The molecule has 0 aliphatic rings. The molecule has 0 amide bonds. The van der Waals surface area contributed by atoms with Crippen LogP contribution >= 0.6 is 23.2 Å². The zero-order chi connectivity index (χ0) is 11.7. The van der Waals surface area contributed by atoms with Gasteiger partial charge in [-0.1, -0.05) is 30.1 Å². The fourth-order valence-corrected chi connectivity index (χ4v) is 1.58. The fraction of sp³-hybridized carbons (Fsp3) is 0.333. The third-order valence-corrected chi connectivity index (χ3v) is 2.40. The van der Waals surface area contributed by atoms with Crippen molar-refractivity contribution in [3.63, 3.8) is 0 Å². The molecular formula is C9H6Cl2F4. The van der Waals surface area contributed by atoms with Crippen LogP contribution in [0.5, 0.6) is 0 Å². The zero-order valence-corrected chi connectivity index (χ0v) is 9.06. The second-order valence-electron chi connectivity index (χ2n) is 2.80. The van der Waals surface area contributed by atoms with Crippen LogP contribution in [0.4, 0.5) is 17.6 Å². The Morgan fingerprint density at radius 3 is 1.60 bits per heavy atom. The summed E-state index contributed by atoms with van der Waals surface area (Å²) in [5.74, 6) is -5.98. The number of alkyl halides is 2. The highest BCUT2D eigenvalue weighted by Crippen LogP contribution is 2.34. The van der Waals surface area contributed by atoms with Crippen molar-refractivity contribution in [1.29, 1.82) is 0 Å². The van der Waals surface area contributed by atoms with Crippen LogP contribution in [-0.2, 0) is 6.42 Å². The Labute approximate surface area is 93.8 Å². The molecule has 0 unspecified atom stereocenters. The molecule has 84 valence electrons. The molecule has 0 saturated heterocycles. The van der Waals surface area contributed by atoms with E-state index in [1.54, 1.807) is 0 Å². The summed E-state index contributed by atoms with van der Waals surface area (Å²) in [5, 5.41) is 0. The van der Waals surface area contributed by atoms with Crippen molar-refractivity contribution in [3.8, 4) is 0 Å². The van der Waals surface area contributed by atoms with Gasteiger partial charge in [0.15, 0.2) is 23.3 Å². The third kappa shape index (κ3) is 2.06. The van der Waals surface area contributed by atoms with Gasteiger partial charge in [0.25, 0.3) is 0 Å². The Morgan fingerprint density at radius 2 is 1.33 bits per heavy atom. The molecule has 0 saturated carbocycles. The quantitative estimate of drug-likeness (QED) is 0.423. The molecule has 0 fully saturated rings. The maximum Gasteiger partial charge on any atom is 0.168 e. The van der Waals surface area contributed by atoms with E-state index < -0.39 is 39.2 Å². The molecule has 1 aromatic carbocycles. The van der Waals surface area contributed by atoms with Crippen LogP contribution in [0, 0.1) is 23.3 Å². The molecule has 0 aromatic heterocycles. The molecule has 1 aromatic rings. The summed E-state index contributed by atoms with van der Waals surface area (Å²) in [6.07, 6.45) is -0.166. The van der Waals surface area contributed by atoms with E-state index in [2.05, 4.69) is 0 Å². The van der Waals surface area contributed by atoms with E-state index in [1.165, 1.54) is 6.92 Å². The second kappa shape index (κ2) is 4.58. The summed E-state index contributed by atoms with van der Waals surface area (Å²) in [4.78, 5) is -1.65. The molecule has 1 rings (SSSR count). The van der Waals surface area contributed by atoms with Crippen molar-refractivity contribution < 1.29 is 17.6 Å². The monoisotopic (exact) mass is 260 g/mol. The zero-order valence-electron chi connectivity index (χ0n) is 7.55. The topological polar surface area (TPSA) is 0 Å². The van der Waals surface area contributed by atoms with E-state index in [1.807, 2.05) is 0 Å². The van der Waals surface area contributed by atoms with Crippen molar-refractivity contribution in [3.05, 3.63) is 34.4 Å². The summed E-state index contributed by atoms with van der Waals surface area (Å²) < 4.78 is 52.7. The minimum absolute atomic E-state index is 0.166. The van der Waals surface area contributed by atoms with Gasteiger partial charge < -0.3 is 0 Å². The Morgan fingerprint density at radius 1 is 0.933 bits per heavy atom. The highest BCUT2D eigenvalue weighted by molar-refractivity contribution is 6.44. The molecule has 0 atom stereocenters. The predicted octanol–water partition coefficient (Wildman–Crippen LogP) is 4.28. The Bertz CT molecular complexity index is 361. The largest absolute Gasteiger partial charge is 0.203 e. The van der Waals surface area contributed by atoms with Crippen LogP contribution in [0.1, 0.15) is 22.9 Å². The predicted molar refractivity (Wildman–Crippen MR) is 50.1 cm³/mol. The van der Waals surface area contributed by atoms with Gasteiger partial charge in [0.1, 0.15) is 4.84 Å². The lowest BCUT2D eigenvalue weighted by Crippen LogP contribution is -2.07. The highest BCUT2D eigenvalue weighted by Gasteiger charge is 2.27. The van der Waals surface area contributed by atoms with Gasteiger partial charge in [-0.2, -0.15) is 0 Å². The molecular weight excluding hydrogens is 255 g/mol. The van der Waals surface area contributed by atoms with Gasteiger partial charge in [-0.15, -0.1) is 0 Å². The van der Waals surface area contributed by atoms with Crippen molar-refractivity contribution in [2.24, 2.45) is 0 Å². The first-order chi connectivity index (χ1) is 6.91. The van der Waals surface area contributed by atoms with Crippen LogP contribution in [0.2, 0.25) is 0 Å². The van der Waals surface area contributed by atoms with Gasteiger partial charge >= 0.3 is 0 Å². The number of hydrogen-bond acceptors (Lipinski definition) is 0. The minimum atomic E-state index is -1.65. The van der Waals surface area contributed by atoms with Gasteiger partial charge in [-0.3, -0.25) is 0 Å². The maximum absolute atomic E-state index is 13.2. The van der Waals surface area contributed by atoms with Crippen LogP contribution < -0.4 is 0 Å². The van der Waals surface area contributed by atoms with E-state index in [-0.39, 0.29) is 6.42 Å². The first-order valence-electron chi connectivity index (χ1n) is 4.04. The molecule has 0 N–H and O–H groups in total. The van der Waals surface area contributed by atoms with Crippen LogP contribution in [0.25, 0.3) is 0 Å². The molecule has 6 heteroatoms. The van der Waals surface area contributed by atoms with E-state index in [4.69, 9.17) is 23.2 Å². The van der Waals surface area contributed by atoms with Crippen molar-refractivity contribution >= 4 is 23.2 Å². The Hall–Kier alpha value is -0.480. The maximum atomic E-state index is 13.2. The van der Waals surface area contributed by atoms with E-state index >= 15 is 0 Å². The van der Waals surface area contributed by atoms with Crippen LogP contribution in [-0.4, -0.2) is 0 Å². The average Bonchev–Trinajstić information content (AvgIpc) is 2.16. The van der Waals surface area contributed by atoms with Crippen molar-refractivity contribution in [2.45, 2.75) is 18.2 Å². The minimum Gasteiger partial charge on any atom is -0.203 e. The summed E-state index contributed by atoms with van der Waals surface area (Å²) >= 11 is 10.4. The highest BCUT2D eigenvalue weighted by atomic mass is 35.5. The third-order valence-electron chi connectivity index (χ3n) is 1.96. The molecule has 0 aliphatic carbocycles. The summed E-state index contributed by atoms with van der Waals surface area (Å²) in [6, 6.07) is 0. The summed E-state index contributed by atoms with van der Waals surface area (Å²) in [5.41, 5.74) is -1.65. The number of benzene rings is 1. The van der Waals surface area contributed by atoms with E-state index in [0.29, 0.717) is 0 Å². The lowest BCUT2D eigenvalue weighted by Gasteiger charge is -2.10. The van der Waals surface area contributed by atoms with Crippen LogP contribution in [0.3, 0.4) is 0 Å². The van der Waals surface area contributed by atoms with Crippen molar-refractivity contribution in [2.75, 3.05) is 0 Å². The number of hydrogen-bond donors (Lipinski definition) is 0. The van der Waals surface area contributed by atoms with Crippen LogP contribution in [0.15, 0.2) is 0 Å². The number of rotatable bonds is 2. The Balaban J connectivity index is 3.59. The summed E-state index contributed by atoms with van der Waals surface area (Å²) in [6.45, 7) is 1.37. The van der Waals surface area contributed by atoms with Gasteiger partial charge in [0.05, 0.1) is 5.56 Å². The molecule has 0 bridgehead atoms. The number of halogens is 6. The lowest BCUT2D eigenvalue weighted by atomic mass is 10.1. The lowest BCUT2D eigenvalue weighted by molar-refractivity contribution is 0.430. The summed E-state index contributed by atoms with van der Waals surface area (Å²) in [7, 11) is 0. The molecule has 15 heavy (non-hydrogen) atoms. The van der Waals surface area contributed by atoms with Gasteiger partial charge in [0.2, 0.25) is 0 Å². The average molecular weight is 261 g/mol. The molecule has 0 aliphatic heterocycles. The normalized spacial score (nSPS) is 11.2. The molecule has 0 nitrogen and oxygen atoms in total. The van der Waals surface area contributed by atoms with Crippen molar-refractivity contribution in [1.82, 2.24) is 0 Å². The van der Waals surface area contributed by atoms with Gasteiger partial charge in [-0.05, 0) is 6.42 Å². The Kier molecular flexibility index (Phi) is 3.84.